The largest absolute Gasteiger partial charge is 0.497 e. The predicted molar refractivity (Wildman–Crippen MR) is 133 cm³/mol. The van der Waals surface area contributed by atoms with Gasteiger partial charge in [-0.2, -0.15) is 0 Å². The fourth-order valence-corrected chi connectivity index (χ4v) is 3.65. The van der Waals surface area contributed by atoms with Gasteiger partial charge in [-0.05, 0) is 19.1 Å². The number of carbonyl (C=O) groups excluding carboxylic acids is 3. The quantitative estimate of drug-likeness (QED) is 0.321. The lowest BCUT2D eigenvalue weighted by Crippen LogP contribution is -2.44. The molecule has 0 N–H and O–H groups in total. The number of rotatable bonds is 11. The van der Waals surface area contributed by atoms with Gasteiger partial charge in [0.2, 0.25) is 5.75 Å². The van der Waals surface area contributed by atoms with Gasteiger partial charge < -0.3 is 23.7 Å². The van der Waals surface area contributed by atoms with Gasteiger partial charge >= 0.3 is 11.9 Å². The van der Waals surface area contributed by atoms with E-state index in [-0.39, 0.29) is 29.0 Å². The SMILES string of the molecule is COc1cccc(O[C@@H]([C@H](C)OC(=O)[C@H](C)CC(=O)c2nccc(OC)c2OC(C)=O)C(C)(C)C)c1. The van der Waals surface area contributed by atoms with Crippen LogP contribution >= 0.6 is 0 Å². The lowest BCUT2D eigenvalue weighted by molar-refractivity contribution is -0.160. The van der Waals surface area contributed by atoms with Crippen LogP contribution in [-0.2, 0) is 14.3 Å². The highest BCUT2D eigenvalue weighted by Crippen LogP contribution is 2.32. The highest BCUT2D eigenvalue weighted by molar-refractivity contribution is 5.99. The Morgan fingerprint density at radius 2 is 1.67 bits per heavy atom. The summed E-state index contributed by atoms with van der Waals surface area (Å²) in [5.74, 6) is -1.10. The normalized spacial score (nSPS) is 13.7. The number of benzene rings is 1. The molecule has 2 aromatic rings. The molecular weight excluding hydrogens is 466 g/mol. The van der Waals surface area contributed by atoms with Crippen LogP contribution in [0.15, 0.2) is 36.5 Å². The van der Waals surface area contributed by atoms with E-state index in [1.54, 1.807) is 33.1 Å². The third-order valence-corrected chi connectivity index (χ3v) is 5.38. The number of aromatic nitrogens is 1. The number of hydrogen-bond donors (Lipinski definition) is 0. The second-order valence-corrected chi connectivity index (χ2v) is 9.54. The Bertz CT molecular complexity index is 1080. The Kier molecular flexibility index (Phi) is 9.84. The van der Waals surface area contributed by atoms with Crippen LogP contribution in [0.2, 0.25) is 0 Å². The number of ketones is 1. The van der Waals surface area contributed by atoms with Crippen LogP contribution in [0.1, 0.15) is 58.5 Å². The number of pyridine rings is 1. The number of methoxy groups -OCH3 is 2. The van der Waals surface area contributed by atoms with Crippen molar-refractivity contribution in [3.63, 3.8) is 0 Å². The minimum Gasteiger partial charge on any atom is -0.497 e. The third-order valence-electron chi connectivity index (χ3n) is 5.38. The van der Waals surface area contributed by atoms with Gasteiger partial charge in [-0.25, -0.2) is 4.98 Å². The number of Topliss-reactive ketones (excluding diaryl/α,β-unsaturated/α-hetero) is 1. The maximum Gasteiger partial charge on any atom is 0.309 e. The summed E-state index contributed by atoms with van der Waals surface area (Å²) in [6.07, 6.45) is 0.0742. The zero-order chi connectivity index (χ0) is 27.0. The zero-order valence-electron chi connectivity index (χ0n) is 22.1. The van der Waals surface area contributed by atoms with Gasteiger partial charge in [0, 0.05) is 37.1 Å². The minimum atomic E-state index is -0.782. The van der Waals surface area contributed by atoms with E-state index < -0.39 is 35.8 Å². The van der Waals surface area contributed by atoms with Crippen LogP contribution < -0.4 is 18.9 Å². The Hall–Kier alpha value is -3.62. The highest BCUT2D eigenvalue weighted by Gasteiger charge is 2.35. The summed E-state index contributed by atoms with van der Waals surface area (Å²) in [7, 11) is 2.96. The number of ether oxygens (including phenoxy) is 5. The molecule has 36 heavy (non-hydrogen) atoms. The first-order chi connectivity index (χ1) is 16.9. The standard InChI is InChI=1S/C27H35NO8/c1-16(14-21(30)23-24(35-18(3)29)22(33-8)12-13-28-23)26(31)34-17(2)25(27(4,5)6)36-20-11-9-10-19(15-20)32-7/h9-13,15-17,25H,14H2,1-8H3/t16-,17+,25+/m1/s1. The van der Waals surface area contributed by atoms with Gasteiger partial charge in [-0.1, -0.05) is 33.8 Å². The van der Waals surface area contributed by atoms with Gasteiger partial charge in [0.05, 0.1) is 20.1 Å². The summed E-state index contributed by atoms with van der Waals surface area (Å²) >= 11 is 0. The molecule has 1 heterocycles. The summed E-state index contributed by atoms with van der Waals surface area (Å²) in [5, 5.41) is 0. The van der Waals surface area contributed by atoms with Crippen molar-refractivity contribution in [2.75, 3.05) is 14.2 Å². The van der Waals surface area contributed by atoms with E-state index in [1.807, 2.05) is 32.9 Å². The van der Waals surface area contributed by atoms with E-state index in [2.05, 4.69) is 4.98 Å². The van der Waals surface area contributed by atoms with Gasteiger partial charge in [-0.3, -0.25) is 14.4 Å². The molecule has 2 rings (SSSR count). The van der Waals surface area contributed by atoms with E-state index in [1.165, 1.54) is 26.3 Å². The molecule has 0 bridgehead atoms. The summed E-state index contributed by atoms with van der Waals surface area (Å²) < 4.78 is 27.5. The van der Waals surface area contributed by atoms with E-state index in [0.29, 0.717) is 11.5 Å². The molecular formula is C27H35NO8. The van der Waals surface area contributed by atoms with Crippen LogP contribution in [0.3, 0.4) is 0 Å². The van der Waals surface area contributed by atoms with E-state index in [4.69, 9.17) is 23.7 Å². The second kappa shape index (κ2) is 12.4. The molecule has 0 unspecified atom stereocenters. The first-order valence-electron chi connectivity index (χ1n) is 11.6. The second-order valence-electron chi connectivity index (χ2n) is 9.54. The topological polar surface area (TPSA) is 110 Å². The van der Waals surface area contributed by atoms with Crippen LogP contribution in [0, 0.1) is 11.3 Å². The Morgan fingerprint density at radius 1 is 1.00 bits per heavy atom. The molecule has 0 aliphatic heterocycles. The summed E-state index contributed by atoms with van der Waals surface area (Å²) in [4.78, 5) is 41.4. The summed E-state index contributed by atoms with van der Waals surface area (Å²) in [6, 6.07) is 8.67. The fraction of sp³-hybridized carbons (Fsp3) is 0.481. The maximum atomic E-state index is 13.0. The van der Waals surface area contributed by atoms with Gasteiger partial charge in [0.25, 0.3) is 0 Å². The minimum absolute atomic E-state index is 0.0779. The van der Waals surface area contributed by atoms with Crippen molar-refractivity contribution in [3.8, 4) is 23.0 Å². The Morgan fingerprint density at radius 3 is 2.25 bits per heavy atom. The van der Waals surface area contributed by atoms with Crippen molar-refractivity contribution in [2.45, 2.75) is 60.2 Å². The average Bonchev–Trinajstić information content (AvgIpc) is 2.81. The molecule has 9 heteroatoms. The summed E-state index contributed by atoms with van der Waals surface area (Å²) in [5.41, 5.74) is -0.461. The molecule has 0 radical (unpaired) electrons. The van der Waals surface area contributed by atoms with Crippen molar-refractivity contribution in [2.24, 2.45) is 11.3 Å². The summed E-state index contributed by atoms with van der Waals surface area (Å²) in [6.45, 7) is 10.5. The van der Waals surface area contributed by atoms with Crippen LogP contribution in [0.4, 0.5) is 0 Å². The zero-order valence-corrected chi connectivity index (χ0v) is 22.1. The van der Waals surface area contributed by atoms with Crippen molar-refractivity contribution < 1.29 is 38.1 Å². The Labute approximate surface area is 212 Å². The van der Waals surface area contributed by atoms with Crippen molar-refractivity contribution in [1.29, 1.82) is 0 Å². The monoisotopic (exact) mass is 501 g/mol. The van der Waals surface area contributed by atoms with Gasteiger partial charge in [0.1, 0.15) is 23.7 Å². The van der Waals surface area contributed by atoms with Crippen LogP contribution in [0.5, 0.6) is 23.0 Å². The third kappa shape index (κ3) is 7.69. The highest BCUT2D eigenvalue weighted by atomic mass is 16.6. The first kappa shape index (κ1) is 28.6. The molecule has 0 aliphatic carbocycles. The molecule has 0 saturated carbocycles. The van der Waals surface area contributed by atoms with Gasteiger partial charge in [0.15, 0.2) is 17.2 Å². The van der Waals surface area contributed by atoms with E-state index >= 15 is 0 Å². The Balaban J connectivity index is 2.14. The molecule has 0 spiro atoms. The van der Waals surface area contributed by atoms with E-state index in [9.17, 15) is 14.4 Å². The number of carbonyl (C=O) groups is 3. The number of esters is 2. The lowest BCUT2D eigenvalue weighted by Gasteiger charge is -2.35. The number of hydrogen-bond acceptors (Lipinski definition) is 9. The molecule has 3 atom stereocenters. The molecule has 0 saturated heterocycles. The molecule has 1 aromatic carbocycles. The van der Waals surface area contributed by atoms with Crippen molar-refractivity contribution in [1.82, 2.24) is 4.98 Å². The number of nitrogens with zero attached hydrogens (tertiary/aromatic N) is 1. The maximum absolute atomic E-state index is 13.0. The molecule has 0 aliphatic rings. The van der Waals surface area contributed by atoms with E-state index in [0.717, 1.165) is 0 Å². The van der Waals surface area contributed by atoms with Crippen LogP contribution in [-0.4, -0.2) is 49.1 Å². The molecule has 0 fully saturated rings. The average molecular weight is 502 g/mol. The molecule has 9 nitrogen and oxygen atoms in total. The van der Waals surface area contributed by atoms with Crippen molar-refractivity contribution >= 4 is 17.7 Å². The predicted octanol–water partition coefficient (Wildman–Crippen LogP) is 4.66. The van der Waals surface area contributed by atoms with Crippen molar-refractivity contribution in [3.05, 3.63) is 42.2 Å². The lowest BCUT2D eigenvalue weighted by atomic mass is 9.86. The first-order valence-corrected chi connectivity index (χ1v) is 11.6. The fourth-order valence-electron chi connectivity index (χ4n) is 3.65. The molecule has 196 valence electrons. The van der Waals surface area contributed by atoms with Gasteiger partial charge in [-0.15, -0.1) is 0 Å². The van der Waals surface area contributed by atoms with Crippen LogP contribution in [0.25, 0.3) is 0 Å². The molecule has 1 aromatic heterocycles. The smallest absolute Gasteiger partial charge is 0.309 e. The molecule has 0 amide bonds.